The number of rotatable bonds is 6. The molecule has 0 radical (unpaired) electrons. The van der Waals surface area contributed by atoms with E-state index in [1.54, 1.807) is 0 Å². The molecule has 0 spiro atoms. The Morgan fingerprint density at radius 2 is 0.746 bits per heavy atom. The molecule has 0 atom stereocenters. The van der Waals surface area contributed by atoms with Crippen LogP contribution in [0.1, 0.15) is 26.3 Å². The van der Waals surface area contributed by atoms with Crippen molar-refractivity contribution < 1.29 is 0 Å². The van der Waals surface area contributed by atoms with Gasteiger partial charge in [-0.05, 0) is 86.0 Å². The molecular weight excluding hydrogens is 810 g/mol. The molecule has 63 heavy (non-hydrogen) atoms. The van der Waals surface area contributed by atoms with Gasteiger partial charge < -0.3 is 9.80 Å². The van der Waals surface area contributed by atoms with Crippen LogP contribution < -0.4 is 26.2 Å². The molecule has 0 unspecified atom stereocenters. The van der Waals surface area contributed by atoms with Crippen molar-refractivity contribution >= 4 is 80.4 Å². The molecule has 0 saturated heterocycles. The van der Waals surface area contributed by atoms with Gasteiger partial charge in [0.25, 0.3) is 6.71 Å². The summed E-state index contributed by atoms with van der Waals surface area (Å²) in [7, 11) is 0. The van der Waals surface area contributed by atoms with Gasteiger partial charge in [-0.1, -0.05) is 177 Å². The fraction of sp³-hybridized carbons (Fsp3) is 0.0714. The number of pyridine rings is 2. The minimum Gasteiger partial charge on any atom is -0.310 e. The molecular formula is C56H41BCl2N4. The molecule has 4 nitrogen and oxygen atoms in total. The highest BCUT2D eigenvalue weighted by molar-refractivity contribution is 7.00. The Kier molecular flexibility index (Phi) is 9.56. The first-order chi connectivity index (χ1) is 30.7. The molecule has 7 heteroatoms. The molecule has 7 aromatic carbocycles. The van der Waals surface area contributed by atoms with Crippen molar-refractivity contribution in [1.82, 2.24) is 9.97 Å². The van der Waals surface area contributed by atoms with E-state index >= 15 is 0 Å². The van der Waals surface area contributed by atoms with Gasteiger partial charge in [-0.15, -0.1) is 0 Å². The topological polar surface area (TPSA) is 32.3 Å². The standard InChI is InChI=1S/C56H41BCl2N4/c1-56(2,3)40-28-51-53-52(29-40)63(55-45(38-20-12-6-13-21-38)34-61-35-46(55)39-22-14-7-15-23-39)50-31-42(59)25-27-48(50)57(53)47-26-24-41(58)30-49(47)62(51)54-43(36-16-8-4-9-17-36)32-60-33-44(54)37-18-10-5-11-19-37/h4-35H,1-3H3. The van der Waals surface area contributed by atoms with Gasteiger partial charge in [-0.2, -0.15) is 0 Å². The number of hydrogen-bond donors (Lipinski definition) is 0. The van der Waals surface area contributed by atoms with E-state index in [0.717, 1.165) is 89.6 Å². The summed E-state index contributed by atoms with van der Waals surface area (Å²) < 4.78 is 0. The van der Waals surface area contributed by atoms with Crippen LogP contribution in [-0.2, 0) is 5.41 Å². The Hall–Kier alpha value is -6.92. The number of halogens is 2. The summed E-state index contributed by atoms with van der Waals surface area (Å²) in [6.45, 7) is 6.73. The van der Waals surface area contributed by atoms with Crippen molar-refractivity contribution in [3.05, 3.63) is 210 Å². The smallest absolute Gasteiger partial charge is 0.252 e. The molecule has 0 N–H and O–H groups in total. The lowest BCUT2D eigenvalue weighted by molar-refractivity contribution is 0.590. The summed E-state index contributed by atoms with van der Waals surface area (Å²) in [5, 5.41) is 1.33. The third-order valence-electron chi connectivity index (χ3n) is 12.5. The van der Waals surface area contributed by atoms with Crippen molar-refractivity contribution in [1.29, 1.82) is 0 Å². The van der Waals surface area contributed by atoms with Crippen LogP contribution in [-0.4, -0.2) is 16.7 Å². The quantitative estimate of drug-likeness (QED) is 0.156. The van der Waals surface area contributed by atoms with Gasteiger partial charge in [0, 0.05) is 79.8 Å². The summed E-state index contributed by atoms with van der Waals surface area (Å²) in [4.78, 5) is 14.8. The van der Waals surface area contributed by atoms with Gasteiger partial charge >= 0.3 is 0 Å². The van der Waals surface area contributed by atoms with E-state index in [1.807, 2.05) is 36.9 Å². The summed E-state index contributed by atoms with van der Waals surface area (Å²) >= 11 is 14.2. The molecule has 0 aliphatic carbocycles. The first-order valence-electron chi connectivity index (χ1n) is 21.3. The van der Waals surface area contributed by atoms with E-state index in [0.29, 0.717) is 10.0 Å². The van der Waals surface area contributed by atoms with Crippen molar-refractivity contribution in [3.63, 3.8) is 0 Å². The molecule has 4 heterocycles. The first-order valence-corrected chi connectivity index (χ1v) is 22.1. The first kappa shape index (κ1) is 39.0. The van der Waals surface area contributed by atoms with Crippen molar-refractivity contribution in [2.24, 2.45) is 0 Å². The Bertz CT molecular complexity index is 2870. The fourth-order valence-corrected chi connectivity index (χ4v) is 9.89. The molecule has 302 valence electrons. The maximum atomic E-state index is 7.11. The van der Waals surface area contributed by atoms with E-state index in [-0.39, 0.29) is 12.1 Å². The number of benzene rings is 7. The lowest BCUT2D eigenvalue weighted by atomic mass is 9.33. The van der Waals surface area contributed by atoms with Gasteiger partial charge in [0.2, 0.25) is 0 Å². The van der Waals surface area contributed by atoms with Crippen LogP contribution >= 0.6 is 23.2 Å². The van der Waals surface area contributed by atoms with Crippen LogP contribution in [0.3, 0.4) is 0 Å². The van der Waals surface area contributed by atoms with E-state index in [2.05, 4.69) is 188 Å². The number of hydrogen-bond acceptors (Lipinski definition) is 4. The number of fused-ring (bicyclic) bond motifs is 4. The Labute approximate surface area is 379 Å². The lowest BCUT2D eigenvalue weighted by Crippen LogP contribution is -2.61. The van der Waals surface area contributed by atoms with Gasteiger partial charge in [0.1, 0.15) is 0 Å². The summed E-state index contributed by atoms with van der Waals surface area (Å²) in [5.41, 5.74) is 19.1. The predicted molar refractivity (Wildman–Crippen MR) is 267 cm³/mol. The largest absolute Gasteiger partial charge is 0.310 e. The average Bonchev–Trinajstić information content (AvgIpc) is 3.32. The number of nitrogens with zero attached hydrogens (tertiary/aromatic N) is 4. The van der Waals surface area contributed by atoms with Gasteiger partial charge in [-0.3, -0.25) is 9.97 Å². The third-order valence-corrected chi connectivity index (χ3v) is 13.0. The average molecular weight is 852 g/mol. The minimum absolute atomic E-state index is 0.152. The zero-order valence-electron chi connectivity index (χ0n) is 35.1. The van der Waals surface area contributed by atoms with E-state index < -0.39 is 0 Å². The fourth-order valence-electron chi connectivity index (χ4n) is 9.56. The van der Waals surface area contributed by atoms with Crippen LogP contribution in [0.2, 0.25) is 10.0 Å². The number of aromatic nitrogens is 2. The molecule has 9 aromatic rings. The van der Waals surface area contributed by atoms with Crippen molar-refractivity contribution in [3.8, 4) is 44.5 Å². The zero-order chi connectivity index (χ0) is 42.8. The predicted octanol–water partition coefficient (Wildman–Crippen LogP) is 13.8. The highest BCUT2D eigenvalue weighted by Crippen LogP contribution is 2.53. The second kappa shape index (κ2) is 15.5. The molecule has 0 amide bonds. The molecule has 2 aliphatic heterocycles. The monoisotopic (exact) mass is 850 g/mol. The maximum absolute atomic E-state index is 7.11. The Morgan fingerprint density at radius 3 is 1.06 bits per heavy atom. The van der Waals surface area contributed by atoms with Gasteiger partial charge in [0.15, 0.2) is 0 Å². The minimum atomic E-state index is -0.243. The second-order valence-electron chi connectivity index (χ2n) is 17.3. The van der Waals surface area contributed by atoms with Crippen molar-refractivity contribution in [2.75, 3.05) is 9.80 Å². The normalized spacial score (nSPS) is 12.7. The van der Waals surface area contributed by atoms with E-state index in [1.165, 1.54) is 11.0 Å². The highest BCUT2D eigenvalue weighted by Gasteiger charge is 2.45. The summed E-state index contributed by atoms with van der Waals surface area (Å²) in [6.07, 6.45) is 8.03. The zero-order valence-corrected chi connectivity index (χ0v) is 36.6. The van der Waals surface area contributed by atoms with Crippen LogP contribution in [0.5, 0.6) is 0 Å². The molecule has 0 saturated carbocycles. The van der Waals surface area contributed by atoms with Crippen LogP contribution in [0.15, 0.2) is 195 Å². The molecule has 0 fully saturated rings. The molecule has 11 rings (SSSR count). The maximum Gasteiger partial charge on any atom is 0.252 e. The lowest BCUT2D eigenvalue weighted by Gasteiger charge is -2.46. The molecule has 2 aromatic heterocycles. The second-order valence-corrected chi connectivity index (χ2v) is 18.2. The Morgan fingerprint density at radius 1 is 0.413 bits per heavy atom. The van der Waals surface area contributed by atoms with Crippen LogP contribution in [0.4, 0.5) is 34.1 Å². The Balaban J connectivity index is 1.31. The van der Waals surface area contributed by atoms with Crippen LogP contribution in [0, 0.1) is 0 Å². The summed E-state index contributed by atoms with van der Waals surface area (Å²) in [5.74, 6) is 0. The third kappa shape index (κ3) is 6.62. The van der Waals surface area contributed by atoms with Gasteiger partial charge in [0.05, 0.1) is 11.4 Å². The number of anilines is 6. The highest BCUT2D eigenvalue weighted by atomic mass is 35.5. The van der Waals surface area contributed by atoms with Crippen LogP contribution in [0.25, 0.3) is 44.5 Å². The van der Waals surface area contributed by atoms with Gasteiger partial charge in [-0.25, -0.2) is 0 Å². The molecule has 2 aliphatic rings. The summed E-state index contributed by atoms with van der Waals surface area (Å²) in [6, 6.07) is 60.0. The van der Waals surface area contributed by atoms with E-state index in [4.69, 9.17) is 33.2 Å². The SMILES string of the molecule is CC(C)(C)c1cc2c3c(c1)N(c1c(-c4ccccc4)cncc1-c1ccccc1)c1cc(Cl)ccc1B3c1ccc(Cl)cc1N2c1c(-c2ccccc2)cncc1-c1ccccc1. The molecule has 0 bridgehead atoms. The van der Waals surface area contributed by atoms with E-state index in [9.17, 15) is 0 Å². The van der Waals surface area contributed by atoms with Crippen molar-refractivity contribution in [2.45, 2.75) is 26.2 Å².